The summed E-state index contributed by atoms with van der Waals surface area (Å²) in [5, 5.41) is 0. The van der Waals surface area contributed by atoms with Crippen molar-refractivity contribution in [3.8, 4) is 5.75 Å². The van der Waals surface area contributed by atoms with Gasteiger partial charge in [0.05, 0.1) is 6.61 Å². The molecule has 0 amide bonds. The van der Waals surface area contributed by atoms with Gasteiger partial charge in [-0.2, -0.15) is 0 Å². The first-order valence-electron chi connectivity index (χ1n) is 5.99. The minimum Gasteiger partial charge on any atom is -0.473 e. The maximum atomic E-state index is 13.8. The molecule has 0 aliphatic heterocycles. The van der Waals surface area contributed by atoms with E-state index in [1.165, 1.54) is 26.0 Å². The Hall–Kier alpha value is -1.91. The van der Waals surface area contributed by atoms with E-state index in [9.17, 15) is 14.0 Å². The molecule has 0 N–H and O–H groups in total. The third kappa shape index (κ3) is 4.05. The third-order valence-electron chi connectivity index (χ3n) is 2.45. The largest absolute Gasteiger partial charge is 0.473 e. The van der Waals surface area contributed by atoms with Crippen molar-refractivity contribution in [1.29, 1.82) is 0 Å². The predicted octanol–water partition coefficient (Wildman–Crippen LogP) is 2.29. The van der Waals surface area contributed by atoms with Crippen LogP contribution in [0.1, 0.15) is 26.3 Å². The van der Waals surface area contributed by atoms with Gasteiger partial charge < -0.3 is 14.3 Å². The van der Waals surface area contributed by atoms with Gasteiger partial charge in [0.2, 0.25) is 0 Å². The Balaban J connectivity index is 2.87. The van der Waals surface area contributed by atoms with E-state index in [1.807, 2.05) is 0 Å². The lowest BCUT2D eigenvalue weighted by atomic mass is 10.1. The molecule has 19 heavy (non-hydrogen) atoms. The average molecular weight is 268 g/mol. The second-order valence-electron chi connectivity index (χ2n) is 4.47. The molecule has 0 bridgehead atoms. The van der Waals surface area contributed by atoms with Crippen LogP contribution in [0.3, 0.4) is 0 Å². The molecule has 0 fully saturated rings. The van der Waals surface area contributed by atoms with E-state index in [2.05, 4.69) is 0 Å². The first-order chi connectivity index (χ1) is 8.90. The standard InChI is InChI=1S/C14H17FO4/c1-4-18-13(17)14(2,3)19-12-6-5-10(7-8-16)9-11(12)15/h5-6,8-9H,4,7H2,1-3H3. The number of ether oxygens (including phenoxy) is 2. The molecule has 0 unspecified atom stereocenters. The molecule has 0 atom stereocenters. The van der Waals surface area contributed by atoms with E-state index in [0.29, 0.717) is 11.8 Å². The van der Waals surface area contributed by atoms with Crippen LogP contribution in [0.25, 0.3) is 0 Å². The number of carbonyl (C=O) groups is 2. The maximum absolute atomic E-state index is 13.8. The number of rotatable bonds is 6. The average Bonchev–Trinajstić information content (AvgIpc) is 2.33. The van der Waals surface area contributed by atoms with Gasteiger partial charge in [0.1, 0.15) is 6.29 Å². The predicted molar refractivity (Wildman–Crippen MR) is 67.5 cm³/mol. The van der Waals surface area contributed by atoms with Crippen molar-refractivity contribution in [1.82, 2.24) is 0 Å². The highest BCUT2D eigenvalue weighted by atomic mass is 19.1. The van der Waals surface area contributed by atoms with Crippen LogP contribution < -0.4 is 4.74 Å². The number of hydrogen-bond donors (Lipinski definition) is 0. The first-order valence-corrected chi connectivity index (χ1v) is 5.99. The highest BCUT2D eigenvalue weighted by Gasteiger charge is 2.32. The van der Waals surface area contributed by atoms with E-state index in [-0.39, 0.29) is 18.8 Å². The quantitative estimate of drug-likeness (QED) is 0.586. The summed E-state index contributed by atoms with van der Waals surface area (Å²) in [4.78, 5) is 22.0. The monoisotopic (exact) mass is 268 g/mol. The van der Waals surface area contributed by atoms with Crippen molar-refractivity contribution < 1.29 is 23.5 Å². The molecule has 0 aliphatic rings. The van der Waals surface area contributed by atoms with Crippen LogP contribution in [0.15, 0.2) is 18.2 Å². The van der Waals surface area contributed by atoms with Crippen molar-refractivity contribution in [2.24, 2.45) is 0 Å². The highest BCUT2D eigenvalue weighted by molar-refractivity contribution is 5.79. The summed E-state index contributed by atoms with van der Waals surface area (Å²) in [6.45, 7) is 4.92. The van der Waals surface area contributed by atoms with Gasteiger partial charge in [-0.15, -0.1) is 0 Å². The van der Waals surface area contributed by atoms with Gasteiger partial charge in [-0.3, -0.25) is 0 Å². The summed E-state index contributed by atoms with van der Waals surface area (Å²) in [7, 11) is 0. The zero-order valence-corrected chi connectivity index (χ0v) is 11.2. The molecule has 0 saturated carbocycles. The molecular formula is C14H17FO4. The SMILES string of the molecule is CCOC(=O)C(C)(C)Oc1ccc(CC=O)cc1F. The Labute approximate surface area is 111 Å². The second kappa shape index (κ2) is 6.31. The molecule has 1 aromatic carbocycles. The molecule has 0 aromatic heterocycles. The Kier molecular flexibility index (Phi) is 5.03. The van der Waals surface area contributed by atoms with Crippen molar-refractivity contribution in [2.45, 2.75) is 32.8 Å². The molecule has 0 saturated heterocycles. The lowest BCUT2D eigenvalue weighted by molar-refractivity contribution is -0.158. The van der Waals surface area contributed by atoms with Crippen LogP contribution in [0, 0.1) is 5.82 Å². The third-order valence-corrected chi connectivity index (χ3v) is 2.45. The van der Waals surface area contributed by atoms with Gasteiger partial charge >= 0.3 is 5.97 Å². The van der Waals surface area contributed by atoms with Crippen LogP contribution >= 0.6 is 0 Å². The normalized spacial score (nSPS) is 10.9. The number of halogens is 1. The number of aldehydes is 1. The molecule has 0 spiro atoms. The molecular weight excluding hydrogens is 251 g/mol. The maximum Gasteiger partial charge on any atom is 0.349 e. The van der Waals surface area contributed by atoms with Crippen LogP contribution in [0.4, 0.5) is 4.39 Å². The molecule has 1 aromatic rings. The van der Waals surface area contributed by atoms with Gasteiger partial charge in [0, 0.05) is 6.42 Å². The fraction of sp³-hybridized carbons (Fsp3) is 0.429. The van der Waals surface area contributed by atoms with E-state index in [1.54, 1.807) is 13.0 Å². The van der Waals surface area contributed by atoms with Crippen molar-refractivity contribution in [3.63, 3.8) is 0 Å². The van der Waals surface area contributed by atoms with Crippen molar-refractivity contribution >= 4 is 12.3 Å². The molecule has 5 heteroatoms. The fourth-order valence-electron chi connectivity index (χ4n) is 1.47. The smallest absolute Gasteiger partial charge is 0.349 e. The summed E-state index contributed by atoms with van der Waals surface area (Å²) >= 11 is 0. The number of hydrogen-bond acceptors (Lipinski definition) is 4. The summed E-state index contributed by atoms with van der Waals surface area (Å²) in [5.74, 6) is -1.23. The molecule has 1 rings (SSSR count). The Morgan fingerprint density at radius 1 is 1.42 bits per heavy atom. The zero-order valence-electron chi connectivity index (χ0n) is 11.2. The van der Waals surface area contributed by atoms with Crippen LogP contribution in [0.5, 0.6) is 5.75 Å². The van der Waals surface area contributed by atoms with Crippen molar-refractivity contribution in [2.75, 3.05) is 6.61 Å². The van der Waals surface area contributed by atoms with Gasteiger partial charge in [0.15, 0.2) is 17.2 Å². The summed E-state index contributed by atoms with van der Waals surface area (Å²) in [6, 6.07) is 4.19. The number of esters is 1. The topological polar surface area (TPSA) is 52.6 Å². The lowest BCUT2D eigenvalue weighted by Crippen LogP contribution is -2.40. The molecule has 0 radical (unpaired) electrons. The lowest BCUT2D eigenvalue weighted by Gasteiger charge is -2.24. The van der Waals surface area contributed by atoms with Gasteiger partial charge in [-0.05, 0) is 38.5 Å². The van der Waals surface area contributed by atoms with E-state index < -0.39 is 17.4 Å². The van der Waals surface area contributed by atoms with E-state index in [4.69, 9.17) is 9.47 Å². The fourth-order valence-corrected chi connectivity index (χ4v) is 1.47. The Morgan fingerprint density at radius 2 is 2.11 bits per heavy atom. The van der Waals surface area contributed by atoms with Gasteiger partial charge in [-0.25, -0.2) is 9.18 Å². The van der Waals surface area contributed by atoms with E-state index in [0.717, 1.165) is 0 Å². The summed E-state index contributed by atoms with van der Waals surface area (Å²) in [6.07, 6.45) is 0.830. The van der Waals surface area contributed by atoms with E-state index >= 15 is 0 Å². The number of carbonyl (C=O) groups excluding carboxylic acids is 2. The van der Waals surface area contributed by atoms with Crippen LogP contribution in [-0.4, -0.2) is 24.5 Å². The molecule has 0 aliphatic carbocycles. The zero-order chi connectivity index (χ0) is 14.5. The van der Waals surface area contributed by atoms with Gasteiger partial charge in [-0.1, -0.05) is 6.07 Å². The minimum absolute atomic E-state index is 0.0484. The molecule has 104 valence electrons. The van der Waals surface area contributed by atoms with Gasteiger partial charge in [0.25, 0.3) is 0 Å². The van der Waals surface area contributed by atoms with Crippen LogP contribution in [-0.2, 0) is 20.7 Å². The Bertz CT molecular complexity index is 469. The van der Waals surface area contributed by atoms with Crippen molar-refractivity contribution in [3.05, 3.63) is 29.6 Å². The number of benzene rings is 1. The molecule has 4 nitrogen and oxygen atoms in total. The minimum atomic E-state index is -1.27. The highest BCUT2D eigenvalue weighted by Crippen LogP contribution is 2.24. The first kappa shape index (κ1) is 15.1. The molecule has 0 heterocycles. The second-order valence-corrected chi connectivity index (χ2v) is 4.47. The summed E-state index contributed by atoms with van der Waals surface area (Å²) in [5.41, 5.74) is -0.725. The Morgan fingerprint density at radius 3 is 2.63 bits per heavy atom. The van der Waals surface area contributed by atoms with Crippen LogP contribution in [0.2, 0.25) is 0 Å². The summed E-state index contributed by atoms with van der Waals surface area (Å²) < 4.78 is 24.0.